The number of likely N-dealkylation sites (tertiary alicyclic amines) is 1. The van der Waals surface area contributed by atoms with Gasteiger partial charge in [-0.1, -0.05) is 35.6 Å². The molecule has 3 nitrogen and oxygen atoms in total. The molecule has 116 valence electrons. The molecule has 1 fully saturated rings. The molecule has 22 heavy (non-hydrogen) atoms. The van der Waals surface area contributed by atoms with Crippen LogP contribution in [0.25, 0.3) is 11.0 Å². The van der Waals surface area contributed by atoms with Gasteiger partial charge in [-0.05, 0) is 37.5 Å². The van der Waals surface area contributed by atoms with Crippen molar-refractivity contribution in [2.24, 2.45) is 0 Å². The maximum Gasteiger partial charge on any atom is 0.193 e. The molecule has 0 saturated carbocycles. The number of hydrogen-bond donors (Lipinski definition) is 0. The lowest BCUT2D eigenvalue weighted by atomic mass is 10.1. The maximum atomic E-state index is 12.1. The molecule has 2 aromatic rings. The zero-order valence-electron chi connectivity index (χ0n) is 12.0. The fourth-order valence-corrected chi connectivity index (χ4v) is 3.85. The Kier molecular flexibility index (Phi) is 5.06. The lowest BCUT2D eigenvalue weighted by Crippen LogP contribution is -2.32. The van der Waals surface area contributed by atoms with Gasteiger partial charge in [0.2, 0.25) is 0 Å². The number of piperidine rings is 1. The van der Waals surface area contributed by atoms with Crippen molar-refractivity contribution in [2.45, 2.75) is 25.0 Å². The Morgan fingerprint density at radius 3 is 2.82 bits per heavy atom. The summed E-state index contributed by atoms with van der Waals surface area (Å²) in [6.07, 6.45) is 3.69. The van der Waals surface area contributed by atoms with Crippen molar-refractivity contribution in [1.82, 2.24) is 4.90 Å². The molecule has 0 bridgehead atoms. The molecule has 1 aromatic carbocycles. The molecule has 1 aliphatic heterocycles. The van der Waals surface area contributed by atoms with Crippen molar-refractivity contribution in [1.29, 1.82) is 0 Å². The number of benzene rings is 1. The fraction of sp³-hybridized carbons (Fsp3) is 0.375. The number of thioether (sulfide) groups is 1. The van der Waals surface area contributed by atoms with Crippen LogP contribution in [0.4, 0.5) is 0 Å². The second-order valence-electron chi connectivity index (χ2n) is 5.32. The van der Waals surface area contributed by atoms with Crippen LogP contribution in [0.2, 0.25) is 5.02 Å². The summed E-state index contributed by atoms with van der Waals surface area (Å²) in [4.78, 5) is 14.4. The predicted octanol–water partition coefficient (Wildman–Crippen LogP) is 4.45. The van der Waals surface area contributed by atoms with Crippen LogP contribution in [-0.4, -0.2) is 22.3 Å². The highest BCUT2D eigenvalue weighted by Crippen LogP contribution is 2.22. The van der Waals surface area contributed by atoms with Crippen LogP contribution < -0.4 is 5.43 Å². The first-order valence-electron chi connectivity index (χ1n) is 7.27. The molecule has 0 radical (unpaired) electrons. The van der Waals surface area contributed by atoms with E-state index in [0.29, 0.717) is 27.5 Å². The second-order valence-corrected chi connectivity index (χ2v) is 7.37. The Balaban J connectivity index is 1.72. The maximum absolute atomic E-state index is 12.1. The zero-order valence-corrected chi connectivity index (χ0v) is 14.4. The third kappa shape index (κ3) is 3.65. The summed E-state index contributed by atoms with van der Waals surface area (Å²) in [5, 5.41) is 1.05. The van der Waals surface area contributed by atoms with Crippen molar-refractivity contribution >= 4 is 50.9 Å². The van der Waals surface area contributed by atoms with Gasteiger partial charge in [0.05, 0.1) is 11.1 Å². The lowest BCUT2D eigenvalue weighted by Gasteiger charge is -2.28. The molecule has 1 aromatic heterocycles. The Labute approximate surface area is 143 Å². The number of fused-ring (bicyclic) bond motifs is 1. The molecule has 0 atom stereocenters. The van der Waals surface area contributed by atoms with Crippen LogP contribution in [0.1, 0.15) is 25.0 Å². The highest BCUT2D eigenvalue weighted by Gasteiger charge is 2.14. The van der Waals surface area contributed by atoms with Gasteiger partial charge < -0.3 is 9.32 Å². The molecule has 1 aliphatic rings. The summed E-state index contributed by atoms with van der Waals surface area (Å²) in [5.74, 6) is 1.22. The van der Waals surface area contributed by atoms with Crippen molar-refractivity contribution < 1.29 is 4.42 Å². The minimum atomic E-state index is -0.0664. The van der Waals surface area contributed by atoms with Gasteiger partial charge in [0.1, 0.15) is 15.7 Å². The van der Waals surface area contributed by atoms with Crippen LogP contribution in [0.5, 0.6) is 0 Å². The van der Waals surface area contributed by atoms with Gasteiger partial charge in [-0.2, -0.15) is 0 Å². The van der Waals surface area contributed by atoms with Gasteiger partial charge in [0.25, 0.3) is 0 Å². The number of nitrogens with zero attached hydrogens (tertiary/aromatic N) is 1. The van der Waals surface area contributed by atoms with E-state index in [1.165, 1.54) is 25.3 Å². The predicted molar refractivity (Wildman–Crippen MR) is 96.8 cm³/mol. The molecule has 2 heterocycles. The minimum Gasteiger partial charge on any atom is -0.460 e. The van der Waals surface area contributed by atoms with Crippen LogP contribution in [0.15, 0.2) is 33.5 Å². The summed E-state index contributed by atoms with van der Waals surface area (Å²) >= 11 is 12.9. The normalized spacial score (nSPS) is 15.2. The van der Waals surface area contributed by atoms with E-state index in [9.17, 15) is 4.79 Å². The molecular formula is C16H16ClNO2S2. The quantitative estimate of drug-likeness (QED) is 0.745. The molecule has 0 aliphatic carbocycles. The molecule has 0 N–H and O–H groups in total. The Morgan fingerprint density at radius 1 is 1.27 bits per heavy atom. The van der Waals surface area contributed by atoms with Crippen LogP contribution in [0, 0.1) is 0 Å². The van der Waals surface area contributed by atoms with Gasteiger partial charge in [0, 0.05) is 24.2 Å². The lowest BCUT2D eigenvalue weighted by molar-refractivity contribution is 0.352. The average molecular weight is 354 g/mol. The Hall–Kier alpha value is -1.04. The Bertz CT molecular complexity index is 753. The van der Waals surface area contributed by atoms with Crippen molar-refractivity contribution in [3.63, 3.8) is 0 Å². The van der Waals surface area contributed by atoms with E-state index in [2.05, 4.69) is 4.90 Å². The van der Waals surface area contributed by atoms with Crippen molar-refractivity contribution in [3.05, 3.63) is 45.3 Å². The fourth-order valence-electron chi connectivity index (χ4n) is 2.55. The highest BCUT2D eigenvalue weighted by atomic mass is 35.5. The van der Waals surface area contributed by atoms with Crippen LogP contribution >= 0.6 is 35.6 Å². The van der Waals surface area contributed by atoms with Gasteiger partial charge in [0.15, 0.2) is 5.43 Å². The number of thiocarbonyl (C=S) groups is 1. The molecular weight excluding hydrogens is 338 g/mol. The molecule has 6 heteroatoms. The highest BCUT2D eigenvalue weighted by molar-refractivity contribution is 8.22. The van der Waals surface area contributed by atoms with Gasteiger partial charge >= 0.3 is 0 Å². The van der Waals surface area contributed by atoms with E-state index >= 15 is 0 Å². The van der Waals surface area contributed by atoms with Gasteiger partial charge in [-0.3, -0.25) is 4.79 Å². The summed E-state index contributed by atoms with van der Waals surface area (Å²) in [5.41, 5.74) is 0.500. The minimum absolute atomic E-state index is 0.0664. The zero-order chi connectivity index (χ0) is 15.5. The van der Waals surface area contributed by atoms with E-state index in [4.69, 9.17) is 28.2 Å². The summed E-state index contributed by atoms with van der Waals surface area (Å²) in [6, 6.07) is 6.63. The SMILES string of the molecule is O=c1cc(CSC(=S)N2CCCCC2)oc2ccc(Cl)cc12. The topological polar surface area (TPSA) is 33.5 Å². The van der Waals surface area contributed by atoms with E-state index in [1.807, 2.05) is 0 Å². The number of rotatable bonds is 2. The average Bonchev–Trinajstić information content (AvgIpc) is 2.54. The third-order valence-electron chi connectivity index (χ3n) is 3.69. The summed E-state index contributed by atoms with van der Waals surface area (Å²) in [7, 11) is 0. The first-order chi connectivity index (χ1) is 10.6. The summed E-state index contributed by atoms with van der Waals surface area (Å²) < 4.78 is 6.67. The van der Waals surface area contributed by atoms with Gasteiger partial charge in [-0.25, -0.2) is 0 Å². The van der Waals surface area contributed by atoms with E-state index in [0.717, 1.165) is 17.4 Å². The van der Waals surface area contributed by atoms with E-state index in [1.54, 1.807) is 30.0 Å². The van der Waals surface area contributed by atoms with Crippen LogP contribution in [-0.2, 0) is 5.75 Å². The monoisotopic (exact) mass is 353 g/mol. The molecule has 0 unspecified atom stereocenters. The van der Waals surface area contributed by atoms with E-state index < -0.39 is 0 Å². The second kappa shape index (κ2) is 7.02. The molecule has 0 amide bonds. The van der Waals surface area contributed by atoms with Crippen LogP contribution in [0.3, 0.4) is 0 Å². The first-order valence-corrected chi connectivity index (χ1v) is 9.05. The first kappa shape index (κ1) is 15.8. The molecule has 1 saturated heterocycles. The Morgan fingerprint density at radius 2 is 2.05 bits per heavy atom. The largest absolute Gasteiger partial charge is 0.460 e. The molecule has 3 rings (SSSR count). The summed E-state index contributed by atoms with van der Waals surface area (Å²) in [6.45, 7) is 2.07. The smallest absolute Gasteiger partial charge is 0.193 e. The van der Waals surface area contributed by atoms with Crippen molar-refractivity contribution in [2.75, 3.05) is 13.1 Å². The number of hydrogen-bond acceptors (Lipinski definition) is 4. The molecule has 0 spiro atoms. The number of halogens is 1. The van der Waals surface area contributed by atoms with Gasteiger partial charge in [-0.15, -0.1) is 0 Å². The van der Waals surface area contributed by atoms with Crippen molar-refractivity contribution in [3.8, 4) is 0 Å². The third-order valence-corrected chi connectivity index (χ3v) is 5.47. The van der Waals surface area contributed by atoms with E-state index in [-0.39, 0.29) is 5.43 Å². The standard InChI is InChI=1S/C16H16ClNO2S2/c17-11-4-5-15-13(8-11)14(19)9-12(20-15)10-22-16(21)18-6-2-1-3-7-18/h4-5,8-9H,1-3,6-7,10H2.